The summed E-state index contributed by atoms with van der Waals surface area (Å²) in [6.45, 7) is 0. The smallest absolute Gasteiger partial charge is 0.0809 e. The summed E-state index contributed by atoms with van der Waals surface area (Å²) in [5.41, 5.74) is 3.17. The van der Waals surface area contributed by atoms with E-state index < -0.39 is 0 Å². The molecule has 93 valence electrons. The number of hydrogen-bond donors (Lipinski definition) is 0. The molecule has 0 atom stereocenters. The maximum Gasteiger partial charge on any atom is 0.0809 e. The Kier molecular flexibility index (Phi) is 5.03. The van der Waals surface area contributed by atoms with Crippen molar-refractivity contribution in [3.63, 3.8) is 0 Å². The number of pyridine rings is 1. The van der Waals surface area contributed by atoms with Crippen molar-refractivity contribution in [3.8, 4) is 17.3 Å². The monoisotopic (exact) mass is 415 g/mol. The molecule has 0 spiro atoms. The van der Waals surface area contributed by atoms with E-state index in [0.717, 1.165) is 16.9 Å². The predicted octanol–water partition coefficient (Wildman–Crippen LogP) is 2.48. The number of aromatic nitrogens is 1. The molecule has 1 aromatic carbocycles. The molecule has 1 radical (unpaired) electrons. The first-order chi connectivity index (χ1) is 8.22. The van der Waals surface area contributed by atoms with Crippen LogP contribution in [-0.4, -0.2) is 19.1 Å². The van der Waals surface area contributed by atoms with Crippen LogP contribution < -0.4 is 4.90 Å². The van der Waals surface area contributed by atoms with E-state index in [9.17, 15) is 0 Å². The summed E-state index contributed by atoms with van der Waals surface area (Å²) in [6.07, 6.45) is 1.73. The Morgan fingerprint density at radius 3 is 2.67 bits per heavy atom. The molecule has 0 aliphatic rings. The van der Waals surface area contributed by atoms with E-state index in [1.807, 2.05) is 49.3 Å². The van der Waals surface area contributed by atoms with E-state index in [2.05, 4.69) is 17.1 Å². The summed E-state index contributed by atoms with van der Waals surface area (Å²) >= 11 is 0. The summed E-state index contributed by atoms with van der Waals surface area (Å²) < 4.78 is 0. The Balaban J connectivity index is 0.00000162. The zero-order chi connectivity index (χ0) is 12.3. The van der Waals surface area contributed by atoms with E-state index >= 15 is 0 Å². The molecular formula is C14H12IrN3-. The average molecular weight is 414 g/mol. The fourth-order valence-electron chi connectivity index (χ4n) is 1.61. The predicted molar refractivity (Wildman–Crippen MR) is 67.6 cm³/mol. The summed E-state index contributed by atoms with van der Waals surface area (Å²) in [4.78, 5) is 6.14. The summed E-state index contributed by atoms with van der Waals surface area (Å²) in [5, 5.41) is 9.13. The molecule has 0 saturated carbocycles. The van der Waals surface area contributed by atoms with Crippen LogP contribution in [0.3, 0.4) is 0 Å². The van der Waals surface area contributed by atoms with Gasteiger partial charge in [0.25, 0.3) is 0 Å². The van der Waals surface area contributed by atoms with E-state index in [0.29, 0.717) is 5.56 Å². The molecule has 3 nitrogen and oxygen atoms in total. The van der Waals surface area contributed by atoms with Gasteiger partial charge in [-0.3, -0.25) is 0 Å². The molecular weight excluding hydrogens is 402 g/mol. The third kappa shape index (κ3) is 2.95. The zero-order valence-corrected chi connectivity index (χ0v) is 12.5. The van der Waals surface area contributed by atoms with Crippen molar-refractivity contribution in [2.24, 2.45) is 0 Å². The first kappa shape index (κ1) is 14.4. The third-order valence-electron chi connectivity index (χ3n) is 2.47. The fraction of sp³-hybridized carbons (Fsp3) is 0.143. The van der Waals surface area contributed by atoms with Gasteiger partial charge in [0, 0.05) is 26.3 Å². The Bertz CT molecular complexity index is 559. The van der Waals surface area contributed by atoms with E-state index in [1.165, 1.54) is 0 Å². The van der Waals surface area contributed by atoms with Crippen molar-refractivity contribution in [2.45, 2.75) is 0 Å². The summed E-state index contributed by atoms with van der Waals surface area (Å²) in [6, 6.07) is 14.7. The van der Waals surface area contributed by atoms with Crippen molar-refractivity contribution >= 4 is 5.69 Å². The van der Waals surface area contributed by atoms with Crippen LogP contribution in [0.4, 0.5) is 5.69 Å². The molecule has 0 amide bonds. The second-order valence-electron chi connectivity index (χ2n) is 3.87. The minimum atomic E-state index is 0. The molecule has 0 aliphatic carbocycles. The molecule has 0 unspecified atom stereocenters. The van der Waals surface area contributed by atoms with Crippen LogP contribution in [0.15, 0.2) is 36.5 Å². The maximum atomic E-state index is 9.13. The van der Waals surface area contributed by atoms with Crippen molar-refractivity contribution in [3.05, 3.63) is 48.2 Å². The number of anilines is 1. The van der Waals surface area contributed by atoms with Gasteiger partial charge in [-0.05, 0) is 37.1 Å². The van der Waals surface area contributed by atoms with Gasteiger partial charge in [0.15, 0.2) is 0 Å². The largest absolute Gasteiger partial charge is 0.415 e. The van der Waals surface area contributed by atoms with Crippen molar-refractivity contribution in [1.82, 2.24) is 4.98 Å². The number of nitriles is 1. The number of benzene rings is 1. The Morgan fingerprint density at radius 1 is 1.33 bits per heavy atom. The van der Waals surface area contributed by atoms with Crippen LogP contribution in [0, 0.1) is 17.4 Å². The number of hydrogen-bond acceptors (Lipinski definition) is 3. The molecule has 0 N–H and O–H groups in total. The third-order valence-corrected chi connectivity index (χ3v) is 2.47. The Hall–Kier alpha value is -1.69. The quantitative estimate of drug-likeness (QED) is 0.709. The normalized spacial score (nSPS) is 9.17. The van der Waals surface area contributed by atoms with Gasteiger partial charge in [-0.15, -0.1) is 23.8 Å². The van der Waals surface area contributed by atoms with Gasteiger partial charge in [0.1, 0.15) is 0 Å². The molecule has 2 aromatic rings. The molecule has 1 heterocycles. The summed E-state index contributed by atoms with van der Waals surface area (Å²) in [7, 11) is 3.81. The second kappa shape index (κ2) is 6.30. The second-order valence-corrected chi connectivity index (χ2v) is 3.87. The van der Waals surface area contributed by atoms with Crippen molar-refractivity contribution in [1.29, 1.82) is 5.26 Å². The van der Waals surface area contributed by atoms with E-state index in [-0.39, 0.29) is 20.1 Å². The van der Waals surface area contributed by atoms with E-state index in [4.69, 9.17) is 5.26 Å². The van der Waals surface area contributed by atoms with Crippen LogP contribution in [0.1, 0.15) is 5.56 Å². The van der Waals surface area contributed by atoms with Gasteiger partial charge in [-0.25, -0.2) is 0 Å². The van der Waals surface area contributed by atoms with Gasteiger partial charge >= 0.3 is 0 Å². The van der Waals surface area contributed by atoms with Gasteiger partial charge in [-0.1, -0.05) is 12.1 Å². The van der Waals surface area contributed by atoms with Gasteiger partial charge in [0.2, 0.25) is 0 Å². The van der Waals surface area contributed by atoms with Crippen molar-refractivity contribution < 1.29 is 20.1 Å². The minimum absolute atomic E-state index is 0. The molecule has 0 fully saturated rings. The number of rotatable bonds is 2. The molecule has 0 saturated heterocycles. The van der Waals surface area contributed by atoms with Crippen molar-refractivity contribution in [2.75, 3.05) is 19.0 Å². The molecule has 18 heavy (non-hydrogen) atoms. The van der Waals surface area contributed by atoms with Crippen LogP contribution in [-0.2, 0) is 20.1 Å². The molecule has 0 aliphatic heterocycles. The first-order valence-corrected chi connectivity index (χ1v) is 5.27. The van der Waals surface area contributed by atoms with Gasteiger partial charge in [-0.2, -0.15) is 5.26 Å². The SMILES string of the molecule is CN(C)c1c[c-]c(-c2ccccn2)cc1C#N.[Ir]. The maximum absolute atomic E-state index is 9.13. The molecule has 0 bridgehead atoms. The topological polar surface area (TPSA) is 39.9 Å². The zero-order valence-electron chi connectivity index (χ0n) is 10.1. The minimum Gasteiger partial charge on any atom is -0.415 e. The van der Waals surface area contributed by atoms with Gasteiger partial charge < -0.3 is 9.88 Å². The van der Waals surface area contributed by atoms with Crippen LogP contribution >= 0.6 is 0 Å². The summed E-state index contributed by atoms with van der Waals surface area (Å²) in [5.74, 6) is 0. The fourth-order valence-corrected chi connectivity index (χ4v) is 1.61. The van der Waals surface area contributed by atoms with Gasteiger partial charge in [0.05, 0.1) is 6.07 Å². The van der Waals surface area contributed by atoms with Crippen LogP contribution in [0.2, 0.25) is 0 Å². The Labute approximate surface area is 120 Å². The van der Waals surface area contributed by atoms with Crippen LogP contribution in [0.25, 0.3) is 11.3 Å². The Morgan fingerprint density at radius 2 is 2.11 bits per heavy atom. The average Bonchev–Trinajstić information content (AvgIpc) is 2.39. The molecule has 1 aromatic heterocycles. The molecule has 2 rings (SSSR count). The van der Waals surface area contributed by atoms with Crippen LogP contribution in [0.5, 0.6) is 0 Å². The molecule has 4 heteroatoms. The van der Waals surface area contributed by atoms with E-state index in [1.54, 1.807) is 6.20 Å². The first-order valence-electron chi connectivity index (χ1n) is 5.27. The standard InChI is InChI=1S/C14H12N3.Ir/c1-17(2)14-7-6-11(9-12(14)10-15)13-5-3-4-8-16-13;/h3-5,7-9H,1-2H3;/q-1;. The number of nitrogens with zero attached hydrogens (tertiary/aromatic N) is 3.